The monoisotopic (exact) mass is 243 g/mol. The van der Waals surface area contributed by atoms with E-state index in [-0.39, 0.29) is 12.5 Å². The topological polar surface area (TPSA) is 49.8 Å². The molecule has 17 heavy (non-hydrogen) atoms. The lowest BCUT2D eigenvalue weighted by atomic mass is 9.98. The summed E-state index contributed by atoms with van der Waals surface area (Å²) in [7, 11) is 0. The first kappa shape index (κ1) is 14.6. The molecule has 0 aromatic rings. The SMILES string of the molecule is CCC(CC)N(CCO)CC1COCCC1=O. The van der Waals surface area contributed by atoms with Crippen LogP contribution in [0.25, 0.3) is 0 Å². The van der Waals surface area contributed by atoms with Crippen molar-refractivity contribution < 1.29 is 14.6 Å². The van der Waals surface area contributed by atoms with Gasteiger partial charge in [-0.3, -0.25) is 9.69 Å². The Balaban J connectivity index is 2.54. The van der Waals surface area contributed by atoms with Gasteiger partial charge in [0.1, 0.15) is 5.78 Å². The summed E-state index contributed by atoms with van der Waals surface area (Å²) in [5.41, 5.74) is 0. The standard InChI is InChI=1S/C13H25NO3/c1-3-12(4-2)14(6-7-15)9-11-10-17-8-5-13(11)16/h11-12,15H,3-10H2,1-2H3. The quantitative estimate of drug-likeness (QED) is 0.727. The largest absolute Gasteiger partial charge is 0.395 e. The van der Waals surface area contributed by atoms with Gasteiger partial charge < -0.3 is 9.84 Å². The van der Waals surface area contributed by atoms with Crippen LogP contribution in [0.15, 0.2) is 0 Å². The fraction of sp³-hybridized carbons (Fsp3) is 0.923. The number of hydrogen-bond acceptors (Lipinski definition) is 4. The summed E-state index contributed by atoms with van der Waals surface area (Å²) in [6, 6.07) is 0.455. The lowest BCUT2D eigenvalue weighted by molar-refractivity contribution is -0.131. The number of aliphatic hydroxyl groups excluding tert-OH is 1. The van der Waals surface area contributed by atoms with Crippen LogP contribution in [0.2, 0.25) is 0 Å². The molecule has 0 spiro atoms. The number of ketones is 1. The molecule has 0 saturated carbocycles. The summed E-state index contributed by atoms with van der Waals surface area (Å²) in [6.45, 7) is 6.94. The molecule has 1 fully saturated rings. The summed E-state index contributed by atoms with van der Waals surface area (Å²) < 4.78 is 5.37. The molecule has 1 aliphatic rings. The maximum atomic E-state index is 11.8. The number of rotatable bonds is 7. The van der Waals surface area contributed by atoms with Gasteiger partial charge in [0.25, 0.3) is 0 Å². The smallest absolute Gasteiger partial charge is 0.141 e. The highest BCUT2D eigenvalue weighted by molar-refractivity contribution is 5.82. The zero-order valence-corrected chi connectivity index (χ0v) is 11.0. The Bertz CT molecular complexity index is 229. The molecular formula is C13H25NO3. The Hall–Kier alpha value is -0.450. The van der Waals surface area contributed by atoms with Crippen LogP contribution in [0.3, 0.4) is 0 Å². The average molecular weight is 243 g/mol. The summed E-state index contributed by atoms with van der Waals surface area (Å²) in [4.78, 5) is 14.0. The zero-order valence-electron chi connectivity index (χ0n) is 11.0. The molecule has 1 saturated heterocycles. The van der Waals surface area contributed by atoms with Crippen LogP contribution in [-0.4, -0.2) is 54.7 Å². The third-order valence-electron chi connectivity index (χ3n) is 3.57. The fourth-order valence-electron chi connectivity index (χ4n) is 2.49. The molecule has 1 unspecified atom stereocenters. The molecule has 1 N–H and O–H groups in total. The Morgan fingerprint density at radius 1 is 1.47 bits per heavy atom. The Labute approximate surface area is 104 Å². The predicted molar refractivity (Wildman–Crippen MR) is 67.0 cm³/mol. The Morgan fingerprint density at radius 3 is 2.71 bits per heavy atom. The van der Waals surface area contributed by atoms with Crippen molar-refractivity contribution in [3.63, 3.8) is 0 Å². The third kappa shape index (κ3) is 4.37. The minimum absolute atomic E-state index is 0.00380. The van der Waals surface area contributed by atoms with E-state index in [4.69, 9.17) is 9.84 Å². The molecule has 1 atom stereocenters. The van der Waals surface area contributed by atoms with Crippen LogP contribution in [0.5, 0.6) is 0 Å². The van der Waals surface area contributed by atoms with Crippen LogP contribution in [0, 0.1) is 5.92 Å². The van der Waals surface area contributed by atoms with Crippen molar-refractivity contribution in [1.29, 1.82) is 0 Å². The number of ether oxygens (including phenoxy) is 1. The van der Waals surface area contributed by atoms with Gasteiger partial charge in [0.15, 0.2) is 0 Å². The van der Waals surface area contributed by atoms with Crippen molar-refractivity contribution >= 4 is 5.78 Å². The molecule has 1 rings (SSSR count). The van der Waals surface area contributed by atoms with Gasteiger partial charge in [0.05, 0.1) is 25.7 Å². The number of Topliss-reactive ketones (excluding diaryl/α,β-unsaturated/α-hetero) is 1. The maximum absolute atomic E-state index is 11.8. The zero-order chi connectivity index (χ0) is 12.7. The van der Waals surface area contributed by atoms with E-state index in [0.717, 1.165) is 19.4 Å². The first-order valence-electron chi connectivity index (χ1n) is 6.68. The summed E-state index contributed by atoms with van der Waals surface area (Å²) >= 11 is 0. The van der Waals surface area contributed by atoms with Crippen molar-refractivity contribution in [2.24, 2.45) is 5.92 Å². The molecule has 0 bridgehead atoms. The van der Waals surface area contributed by atoms with Gasteiger partial charge in [0, 0.05) is 25.6 Å². The average Bonchev–Trinajstić information content (AvgIpc) is 2.34. The first-order valence-corrected chi connectivity index (χ1v) is 6.68. The van der Waals surface area contributed by atoms with Gasteiger partial charge in [-0.2, -0.15) is 0 Å². The molecule has 4 nitrogen and oxygen atoms in total. The molecule has 0 aliphatic carbocycles. The molecule has 0 amide bonds. The van der Waals surface area contributed by atoms with Gasteiger partial charge in [0.2, 0.25) is 0 Å². The second-order valence-corrected chi connectivity index (χ2v) is 4.68. The Morgan fingerprint density at radius 2 is 2.18 bits per heavy atom. The number of nitrogens with zero attached hydrogens (tertiary/aromatic N) is 1. The van der Waals surface area contributed by atoms with Crippen molar-refractivity contribution in [2.75, 3.05) is 32.9 Å². The van der Waals surface area contributed by atoms with Crippen LogP contribution in [-0.2, 0) is 9.53 Å². The van der Waals surface area contributed by atoms with Gasteiger partial charge in [-0.15, -0.1) is 0 Å². The summed E-state index contributed by atoms with van der Waals surface area (Å²) in [5, 5.41) is 9.11. The molecule has 0 radical (unpaired) electrons. The molecule has 100 valence electrons. The highest BCUT2D eigenvalue weighted by atomic mass is 16.5. The number of carbonyl (C=O) groups excluding carboxylic acids is 1. The van der Waals surface area contributed by atoms with Gasteiger partial charge >= 0.3 is 0 Å². The van der Waals surface area contributed by atoms with Crippen molar-refractivity contribution in [3.05, 3.63) is 0 Å². The van der Waals surface area contributed by atoms with Crippen LogP contribution in [0.4, 0.5) is 0 Å². The molecule has 0 aromatic carbocycles. The number of hydrogen-bond donors (Lipinski definition) is 1. The lowest BCUT2D eigenvalue weighted by Gasteiger charge is -2.33. The normalized spacial score (nSPS) is 21.5. The van der Waals surface area contributed by atoms with Crippen LogP contribution < -0.4 is 0 Å². The van der Waals surface area contributed by atoms with Crippen LogP contribution in [0.1, 0.15) is 33.1 Å². The maximum Gasteiger partial charge on any atom is 0.141 e. The second kappa shape index (κ2) is 7.80. The van der Waals surface area contributed by atoms with E-state index in [2.05, 4.69) is 18.7 Å². The van der Waals surface area contributed by atoms with E-state index in [1.165, 1.54) is 0 Å². The van der Waals surface area contributed by atoms with E-state index in [9.17, 15) is 4.79 Å². The lowest BCUT2D eigenvalue weighted by Crippen LogP contribution is -2.44. The first-order chi connectivity index (χ1) is 8.22. The molecule has 4 heteroatoms. The van der Waals surface area contributed by atoms with Gasteiger partial charge in [-0.05, 0) is 12.8 Å². The van der Waals surface area contributed by atoms with E-state index in [1.54, 1.807) is 0 Å². The van der Waals surface area contributed by atoms with Crippen molar-refractivity contribution in [1.82, 2.24) is 4.90 Å². The van der Waals surface area contributed by atoms with E-state index >= 15 is 0 Å². The summed E-state index contributed by atoms with van der Waals surface area (Å²) in [5.74, 6) is 0.307. The summed E-state index contributed by atoms with van der Waals surface area (Å²) in [6.07, 6.45) is 2.65. The number of aliphatic hydroxyl groups is 1. The number of carbonyl (C=O) groups is 1. The second-order valence-electron chi connectivity index (χ2n) is 4.68. The predicted octanol–water partition coefficient (Wildman–Crippen LogP) is 1.07. The van der Waals surface area contributed by atoms with E-state index < -0.39 is 0 Å². The highest BCUT2D eigenvalue weighted by Crippen LogP contribution is 2.16. The molecule has 1 aliphatic heterocycles. The Kier molecular flexibility index (Phi) is 6.70. The molecule has 1 heterocycles. The fourth-order valence-corrected chi connectivity index (χ4v) is 2.49. The minimum Gasteiger partial charge on any atom is -0.395 e. The van der Waals surface area contributed by atoms with Crippen LogP contribution >= 0.6 is 0 Å². The van der Waals surface area contributed by atoms with E-state index in [1.807, 2.05) is 0 Å². The van der Waals surface area contributed by atoms with Gasteiger partial charge in [-0.25, -0.2) is 0 Å². The van der Waals surface area contributed by atoms with Gasteiger partial charge in [-0.1, -0.05) is 13.8 Å². The third-order valence-corrected chi connectivity index (χ3v) is 3.57. The molecule has 0 aromatic heterocycles. The molecular weight excluding hydrogens is 218 g/mol. The van der Waals surface area contributed by atoms with Crippen molar-refractivity contribution in [2.45, 2.75) is 39.2 Å². The van der Waals surface area contributed by atoms with Crippen molar-refractivity contribution in [3.8, 4) is 0 Å². The minimum atomic E-state index is -0.00380. The van der Waals surface area contributed by atoms with E-state index in [0.29, 0.717) is 38.0 Å². The highest BCUT2D eigenvalue weighted by Gasteiger charge is 2.27.